The smallest absolute Gasteiger partial charge is 0.512 e. The summed E-state index contributed by atoms with van der Waals surface area (Å²) in [6.45, 7) is 20.6. The minimum absolute atomic E-state index is 0. The van der Waals surface area contributed by atoms with Crippen molar-refractivity contribution >= 4 is 138 Å². The van der Waals surface area contributed by atoms with Crippen molar-refractivity contribution in [2.75, 3.05) is 11.9 Å². The topological polar surface area (TPSA) is 176 Å². The van der Waals surface area contributed by atoms with Crippen LogP contribution in [0.3, 0.4) is 0 Å². The summed E-state index contributed by atoms with van der Waals surface area (Å²) >= 11 is 0.859. The molecule has 0 bridgehead atoms. The number of carbonyl (C=O) groups is 2. The Balaban J connectivity index is 0.000000172. The minimum Gasteiger partial charge on any atom is -0.512 e. The first-order valence-corrected chi connectivity index (χ1v) is 40.2. The van der Waals surface area contributed by atoms with Crippen LogP contribution in [0.2, 0.25) is 0 Å². The molecular formula is C112H92Ir4N12O4S-3. The molecule has 0 saturated carbocycles. The van der Waals surface area contributed by atoms with Crippen LogP contribution >= 0.6 is 11.3 Å². The molecule has 669 valence electrons. The van der Waals surface area contributed by atoms with Gasteiger partial charge >= 0.3 is 26.1 Å². The van der Waals surface area contributed by atoms with Gasteiger partial charge in [-0.3, -0.25) is 24.7 Å². The van der Waals surface area contributed by atoms with Gasteiger partial charge in [-0.05, 0) is 199 Å². The Morgan fingerprint density at radius 2 is 0.767 bits per heavy atom. The van der Waals surface area contributed by atoms with Gasteiger partial charge in [0, 0.05) is 159 Å². The number of rotatable bonds is 7. The second kappa shape index (κ2) is 42.6. The molecule has 16 nitrogen and oxygen atoms in total. The molecule has 1 aliphatic rings. The molecule has 21 heteroatoms. The van der Waals surface area contributed by atoms with Crippen LogP contribution in [0.1, 0.15) is 133 Å². The van der Waals surface area contributed by atoms with E-state index in [9.17, 15) is 9.59 Å². The number of aliphatic hydroxyl groups is 1. The number of aromatic nitrogens is 10. The summed E-state index contributed by atoms with van der Waals surface area (Å²) in [5.74, 6) is -1.05. The number of carbonyl (C=O) groups excluding carboxylic acids is 1. The fraction of sp³-hybridized carbons (Fsp3) is 0.116. The van der Waals surface area contributed by atoms with E-state index in [2.05, 4.69) is 60.2 Å². The molecule has 22 aromatic rings. The van der Waals surface area contributed by atoms with Crippen LogP contribution in [0, 0.1) is 106 Å². The first-order chi connectivity index (χ1) is 78.7. The predicted octanol–water partition coefficient (Wildman–Crippen LogP) is 26.6. The van der Waals surface area contributed by atoms with Crippen molar-refractivity contribution in [2.45, 2.75) is 83.1 Å². The van der Waals surface area contributed by atoms with Gasteiger partial charge in [0.25, 0.3) is 0 Å². The number of para-hydroxylation sites is 1. The molecule has 0 amide bonds. The maximum atomic E-state index is 10.1. The van der Waals surface area contributed by atoms with Crippen LogP contribution in [0.25, 0.3) is 154 Å². The summed E-state index contributed by atoms with van der Waals surface area (Å²) in [4.78, 5) is 49.1. The molecule has 0 unspecified atom stereocenters. The monoisotopic (exact) mass is 2510 g/mol. The Bertz CT molecular complexity index is 9920. The van der Waals surface area contributed by atoms with Crippen molar-refractivity contribution in [2.24, 2.45) is 0 Å². The third-order valence-corrected chi connectivity index (χ3v) is 20.7. The maximum absolute atomic E-state index is 10.1. The Hall–Kier alpha value is -13.1. The summed E-state index contributed by atoms with van der Waals surface area (Å²) in [7, 11) is 2.00. The van der Waals surface area contributed by atoms with Gasteiger partial charge in [0.05, 0.1) is 88.1 Å². The van der Waals surface area contributed by atoms with Crippen molar-refractivity contribution in [3.63, 3.8) is 0 Å². The zero-order valence-corrected chi connectivity index (χ0v) is 82.6. The molecule has 2 N–H and O–H groups in total. The molecular weight excluding hydrogens is 2380 g/mol. The van der Waals surface area contributed by atoms with E-state index in [4.69, 9.17) is 63.7 Å². The quantitative estimate of drug-likeness (QED) is 0.0669. The van der Waals surface area contributed by atoms with Gasteiger partial charge in [0.1, 0.15) is 10.7 Å². The SMILES string of the molecule is CC(=O)C=C(C)O.CN1C=CN(c2[c-]cccc2)[CH-]1.O=C(O)c1ccccn1.[2H]c1[c-]c2c(c([2H])c1[2H])c1c([2H])c(C)c([2H])c([2H])c1n1c(-c3c(C)c([2H])c([2H])c([2H])c3C)c([2H])nc21.[2H]c1[c-]c2c(c([2H])c1[2H])c1c([2H])c(C)c([2H])c([2H])c1n1c(-c3c(C)c([2H])c([2H])c([2H])c3C)c([2H])nc21.[2H]c1[c-]c2c(c([2H])c1[2H])c1c([2H])c(C)c([2H])c([2H])c1n1c(-c3c(C)c([2H])c([2H])c([2H])c3C)c([2H])nc21.[2H]c1[c-]c2c(c([2H])c1[2H])c1c([2H])c(C)c([2H])c([2H])c1n1c(-c3nc([2H])c([2H])s3)c([2H])nc21.[Ir+3].[Ir].[Ir].[Ir]. The van der Waals surface area contributed by atoms with Crippen LogP contribution < -0.4 is 4.90 Å². The van der Waals surface area contributed by atoms with E-state index in [1.54, 1.807) is 53.7 Å². The number of pyridine rings is 5. The van der Waals surface area contributed by atoms with Crippen LogP contribution in [0.15, 0.2) is 309 Å². The van der Waals surface area contributed by atoms with Gasteiger partial charge < -0.3 is 37.6 Å². The Morgan fingerprint density at radius 1 is 0.414 bits per heavy atom. The Kier molecular flexibility index (Phi) is 18.6. The van der Waals surface area contributed by atoms with Crippen molar-refractivity contribution < 1.29 is 154 Å². The summed E-state index contributed by atoms with van der Waals surface area (Å²) in [6.07, 6.45) is 5.26. The molecule has 0 spiro atoms. The first-order valence-electron chi connectivity index (χ1n) is 58.9. The van der Waals surface area contributed by atoms with Crippen LogP contribution in [0.5, 0.6) is 0 Å². The molecule has 1 aliphatic heterocycles. The van der Waals surface area contributed by atoms with E-state index in [-0.39, 0.29) is 468 Å². The Labute approximate surface area is 885 Å². The van der Waals surface area contributed by atoms with Gasteiger partial charge in [-0.15, -0.1) is 135 Å². The second-order valence-corrected chi connectivity index (χ2v) is 30.0. The van der Waals surface area contributed by atoms with Gasteiger partial charge in [0.15, 0.2) is 5.78 Å². The molecule has 11 heterocycles. The number of allylic oxidation sites excluding steroid dienone is 2. The molecule has 133 heavy (non-hydrogen) atoms. The zero-order valence-electron chi connectivity index (χ0n) is 111. The molecule has 0 saturated heterocycles. The fourth-order valence-electron chi connectivity index (χ4n) is 14.6. The number of thiazole rings is 1. The number of aliphatic hydroxyl groups excluding tert-OH is 1. The van der Waals surface area contributed by atoms with E-state index >= 15 is 0 Å². The molecule has 3 radical (unpaired) electrons. The van der Waals surface area contributed by atoms with Gasteiger partial charge in [-0.1, -0.05) is 153 Å². The molecule has 12 aromatic carbocycles. The van der Waals surface area contributed by atoms with Crippen molar-refractivity contribution in [3.05, 3.63) is 407 Å². The largest absolute Gasteiger partial charge is 3.00 e. The normalized spacial score (nSPS) is 15.6. The van der Waals surface area contributed by atoms with E-state index in [0.29, 0.717) is 50.1 Å². The number of nitrogens with zero attached hydrogens (tertiary/aromatic N) is 12. The minimum atomic E-state index is -0.990. The number of aromatic carboxylic acids is 1. The summed E-state index contributed by atoms with van der Waals surface area (Å²) < 4.78 is 333. The fourth-order valence-corrected chi connectivity index (χ4v) is 15.1. The number of carboxylic acid groups (broad SMARTS) is 1. The number of fused-ring (bicyclic) bond motifs is 24. The van der Waals surface area contributed by atoms with Crippen molar-refractivity contribution in [3.8, 4) is 44.5 Å². The van der Waals surface area contributed by atoms with Crippen LogP contribution in [0.4, 0.5) is 5.69 Å². The maximum Gasteiger partial charge on any atom is 3.00 e. The average molecular weight is 2510 g/mol. The number of imidazole rings is 4. The Morgan fingerprint density at radius 3 is 1.05 bits per heavy atom. The number of hydrogen-bond acceptors (Lipinski definition) is 12. The summed E-state index contributed by atoms with van der Waals surface area (Å²) in [6, 6.07) is 18.2. The molecule has 0 atom stereocenters. The van der Waals surface area contributed by atoms with Gasteiger partial charge in [-0.25, -0.2) is 14.8 Å². The van der Waals surface area contributed by atoms with Gasteiger partial charge in [0.2, 0.25) is 0 Å². The van der Waals surface area contributed by atoms with E-state index in [0.717, 1.165) is 17.0 Å². The zero-order chi connectivity index (χ0) is 124. The first kappa shape index (κ1) is 58.0. The summed E-state index contributed by atoms with van der Waals surface area (Å²) in [5.41, 5.74) is 5.73. The third kappa shape index (κ3) is 20.0. The molecule has 10 aromatic heterocycles. The second-order valence-electron chi connectivity index (χ2n) is 29.2. The number of benzene rings is 12. The van der Waals surface area contributed by atoms with E-state index < -0.39 is 30.1 Å². The molecule has 23 rings (SSSR count). The van der Waals surface area contributed by atoms with Gasteiger partial charge in [-0.2, -0.15) is 37.0 Å². The number of hydrogen-bond donors (Lipinski definition) is 2. The van der Waals surface area contributed by atoms with Crippen LogP contribution in [-0.2, 0) is 85.2 Å². The predicted molar refractivity (Wildman–Crippen MR) is 528 cm³/mol. The number of carboxylic acids is 1. The number of anilines is 1. The standard InChI is InChI=1S/3C24H19N2.C19H12N3S.C10H10N2.C6H5NO2.C5H8O2.4Ir/c3*1-15-11-12-21-20(13-15)18-9-4-5-10-19(18)24-25-14-22(26(21)24)23-16(2)7-6-8-17(23)3;1-12-6-7-16-15(10-12)13-4-2-3-5-14(13)18-21-11-17(22(16)18)19-20-8-9-23-19;1-11-7-8-12(9-11)10-5-3-2-4-6-10;8-6(9)5-3-1-2-4-7-5;1-4(6)3-5(2)7;;;;/h3*4-9,11-14H,1-3H3;2-4,6-11H,1H3;2-5,7-9H,1H3;1-4H,(H,8,9);3,6H,1-2H3;;;;/q4*-1;-2;;;;;;+3/i3*4D,5D,6D,7D,8D,9D,11D,12D,13D,14D;2D,3D,4D,6D,7D,8D,9D,10D,11D;;;;;;;. The molecule has 0 aliphatic carbocycles. The van der Waals surface area contributed by atoms with E-state index in [1.165, 1.54) is 77.5 Å². The average Bonchev–Trinajstić information content (AvgIpc) is 1.24. The van der Waals surface area contributed by atoms with Crippen molar-refractivity contribution in [1.82, 2.24) is 52.4 Å². The third-order valence-electron chi connectivity index (χ3n) is 20.1. The molecule has 0 fully saturated rings. The number of ketones is 1. The van der Waals surface area contributed by atoms with Crippen molar-refractivity contribution in [1.29, 1.82) is 0 Å². The van der Waals surface area contributed by atoms with E-state index in [1.807, 2.05) is 60.2 Å². The van der Waals surface area contributed by atoms with Crippen LogP contribution in [-0.4, -0.2) is 81.4 Å². The summed E-state index contributed by atoms with van der Waals surface area (Å²) in [5, 5.41) is 18.1.